The minimum Gasteiger partial charge on any atom is -0.472 e. The molecular formula is C11H15N3O. The average Bonchev–Trinajstić information content (AvgIpc) is 2.84. The van der Waals surface area contributed by atoms with Gasteiger partial charge in [-0.2, -0.15) is 5.10 Å². The highest BCUT2D eigenvalue weighted by Crippen LogP contribution is 2.12. The van der Waals surface area contributed by atoms with Crippen molar-refractivity contribution >= 4 is 0 Å². The minimum atomic E-state index is 0.283. The van der Waals surface area contributed by atoms with Crippen LogP contribution in [0.4, 0.5) is 0 Å². The molecule has 1 N–H and O–H groups in total. The molecule has 2 aromatic heterocycles. The zero-order chi connectivity index (χ0) is 10.7. The summed E-state index contributed by atoms with van der Waals surface area (Å²) < 4.78 is 6.84. The molecule has 4 nitrogen and oxygen atoms in total. The highest BCUT2D eigenvalue weighted by atomic mass is 16.3. The summed E-state index contributed by atoms with van der Waals surface area (Å²) in [4.78, 5) is 0. The summed E-state index contributed by atoms with van der Waals surface area (Å²) in [5, 5.41) is 7.67. The summed E-state index contributed by atoms with van der Waals surface area (Å²) in [5.41, 5.74) is 2.21. The molecule has 0 spiro atoms. The summed E-state index contributed by atoms with van der Waals surface area (Å²) in [6, 6.07) is 4.26. The van der Waals surface area contributed by atoms with Crippen LogP contribution in [-0.2, 0) is 13.6 Å². The van der Waals surface area contributed by atoms with Gasteiger partial charge in [-0.25, -0.2) is 0 Å². The molecule has 1 atom stereocenters. The SMILES string of the molecule is CC(NCc1ccn(C)n1)c1ccoc1. The third kappa shape index (κ3) is 2.47. The minimum absolute atomic E-state index is 0.283. The van der Waals surface area contributed by atoms with Gasteiger partial charge in [0.2, 0.25) is 0 Å². The van der Waals surface area contributed by atoms with Crippen LogP contribution in [0.25, 0.3) is 0 Å². The molecule has 0 saturated carbocycles. The van der Waals surface area contributed by atoms with Gasteiger partial charge in [0, 0.05) is 31.4 Å². The van der Waals surface area contributed by atoms with E-state index in [0.717, 1.165) is 17.8 Å². The smallest absolute Gasteiger partial charge is 0.0950 e. The predicted octanol–water partition coefficient (Wildman–Crippen LogP) is 1.86. The second-order valence-corrected chi connectivity index (χ2v) is 3.64. The van der Waals surface area contributed by atoms with E-state index in [1.807, 2.05) is 25.4 Å². The van der Waals surface area contributed by atoms with Gasteiger partial charge in [-0.15, -0.1) is 0 Å². The molecule has 2 rings (SSSR count). The van der Waals surface area contributed by atoms with E-state index in [2.05, 4.69) is 17.3 Å². The summed E-state index contributed by atoms with van der Waals surface area (Å²) in [7, 11) is 1.92. The number of nitrogens with one attached hydrogen (secondary N) is 1. The van der Waals surface area contributed by atoms with Gasteiger partial charge in [0.25, 0.3) is 0 Å². The molecule has 2 aromatic rings. The lowest BCUT2D eigenvalue weighted by Gasteiger charge is -2.09. The highest BCUT2D eigenvalue weighted by molar-refractivity contribution is 5.10. The molecule has 0 radical (unpaired) electrons. The van der Waals surface area contributed by atoms with Crippen LogP contribution in [0, 0.1) is 0 Å². The van der Waals surface area contributed by atoms with E-state index in [0.29, 0.717) is 0 Å². The first-order chi connectivity index (χ1) is 7.25. The molecule has 80 valence electrons. The van der Waals surface area contributed by atoms with Gasteiger partial charge >= 0.3 is 0 Å². The number of furan rings is 1. The van der Waals surface area contributed by atoms with E-state index < -0.39 is 0 Å². The van der Waals surface area contributed by atoms with Crippen LogP contribution in [0.3, 0.4) is 0 Å². The summed E-state index contributed by atoms with van der Waals surface area (Å²) in [5.74, 6) is 0. The van der Waals surface area contributed by atoms with Gasteiger partial charge in [0.15, 0.2) is 0 Å². The van der Waals surface area contributed by atoms with E-state index in [-0.39, 0.29) is 6.04 Å². The van der Waals surface area contributed by atoms with Crippen LogP contribution >= 0.6 is 0 Å². The summed E-state index contributed by atoms with van der Waals surface area (Å²) >= 11 is 0. The fourth-order valence-corrected chi connectivity index (χ4v) is 1.45. The molecular weight excluding hydrogens is 190 g/mol. The first kappa shape index (κ1) is 9.98. The maximum atomic E-state index is 5.03. The summed E-state index contributed by atoms with van der Waals surface area (Å²) in [6.07, 6.45) is 5.39. The van der Waals surface area contributed by atoms with Gasteiger partial charge in [-0.3, -0.25) is 4.68 Å². The number of aryl methyl sites for hydroxylation is 1. The van der Waals surface area contributed by atoms with E-state index in [1.54, 1.807) is 17.2 Å². The fraction of sp³-hybridized carbons (Fsp3) is 0.364. The second-order valence-electron chi connectivity index (χ2n) is 3.64. The highest BCUT2D eigenvalue weighted by Gasteiger charge is 2.06. The molecule has 0 aromatic carbocycles. The molecule has 15 heavy (non-hydrogen) atoms. The zero-order valence-electron chi connectivity index (χ0n) is 8.97. The third-order valence-corrected chi connectivity index (χ3v) is 2.40. The van der Waals surface area contributed by atoms with Gasteiger partial charge < -0.3 is 9.73 Å². The van der Waals surface area contributed by atoms with Crippen molar-refractivity contribution in [1.82, 2.24) is 15.1 Å². The monoisotopic (exact) mass is 205 g/mol. The van der Waals surface area contributed by atoms with Crippen molar-refractivity contribution in [3.8, 4) is 0 Å². The third-order valence-electron chi connectivity index (χ3n) is 2.40. The molecule has 0 saturated heterocycles. The van der Waals surface area contributed by atoms with Crippen molar-refractivity contribution < 1.29 is 4.42 Å². The Morgan fingerprint density at radius 1 is 1.53 bits per heavy atom. The van der Waals surface area contributed by atoms with Gasteiger partial charge in [0.1, 0.15) is 0 Å². The molecule has 0 bridgehead atoms. The van der Waals surface area contributed by atoms with Crippen LogP contribution in [0.2, 0.25) is 0 Å². The summed E-state index contributed by atoms with van der Waals surface area (Å²) in [6.45, 7) is 2.88. The molecule has 0 aliphatic heterocycles. The van der Waals surface area contributed by atoms with Crippen molar-refractivity contribution in [2.45, 2.75) is 19.5 Å². The van der Waals surface area contributed by atoms with Crippen molar-refractivity contribution in [2.24, 2.45) is 7.05 Å². The second kappa shape index (κ2) is 4.31. The molecule has 2 heterocycles. The maximum absolute atomic E-state index is 5.03. The maximum Gasteiger partial charge on any atom is 0.0950 e. The number of hydrogen-bond donors (Lipinski definition) is 1. The first-order valence-corrected chi connectivity index (χ1v) is 4.99. The van der Waals surface area contributed by atoms with Crippen molar-refractivity contribution in [1.29, 1.82) is 0 Å². The Balaban J connectivity index is 1.88. The van der Waals surface area contributed by atoms with E-state index in [1.165, 1.54) is 0 Å². The Morgan fingerprint density at radius 3 is 3.00 bits per heavy atom. The Morgan fingerprint density at radius 2 is 2.40 bits per heavy atom. The van der Waals surface area contributed by atoms with Crippen molar-refractivity contribution in [2.75, 3.05) is 0 Å². The quantitative estimate of drug-likeness (QED) is 0.828. The number of nitrogens with zero attached hydrogens (tertiary/aromatic N) is 2. The molecule has 0 fully saturated rings. The lowest BCUT2D eigenvalue weighted by molar-refractivity contribution is 0.533. The fourth-order valence-electron chi connectivity index (χ4n) is 1.45. The Kier molecular flexibility index (Phi) is 2.87. The Hall–Kier alpha value is -1.55. The van der Waals surface area contributed by atoms with E-state index in [4.69, 9.17) is 4.42 Å². The number of hydrogen-bond acceptors (Lipinski definition) is 3. The van der Waals surface area contributed by atoms with Crippen LogP contribution < -0.4 is 5.32 Å². The van der Waals surface area contributed by atoms with Crippen molar-refractivity contribution in [3.63, 3.8) is 0 Å². The van der Waals surface area contributed by atoms with Crippen LogP contribution in [-0.4, -0.2) is 9.78 Å². The topological polar surface area (TPSA) is 43.0 Å². The average molecular weight is 205 g/mol. The lowest BCUT2D eigenvalue weighted by Crippen LogP contribution is -2.17. The van der Waals surface area contributed by atoms with Gasteiger partial charge in [-0.05, 0) is 19.1 Å². The van der Waals surface area contributed by atoms with Crippen LogP contribution in [0.1, 0.15) is 24.2 Å². The normalized spacial score (nSPS) is 12.9. The molecule has 1 unspecified atom stereocenters. The molecule has 4 heteroatoms. The van der Waals surface area contributed by atoms with Gasteiger partial charge in [0.05, 0.1) is 18.2 Å². The molecule has 0 aliphatic rings. The Labute approximate surface area is 88.9 Å². The molecule has 0 aliphatic carbocycles. The van der Waals surface area contributed by atoms with Crippen LogP contribution in [0.5, 0.6) is 0 Å². The van der Waals surface area contributed by atoms with E-state index in [9.17, 15) is 0 Å². The largest absolute Gasteiger partial charge is 0.472 e. The van der Waals surface area contributed by atoms with Gasteiger partial charge in [-0.1, -0.05) is 0 Å². The number of rotatable bonds is 4. The van der Waals surface area contributed by atoms with Crippen LogP contribution in [0.15, 0.2) is 35.3 Å². The van der Waals surface area contributed by atoms with Crippen molar-refractivity contribution in [3.05, 3.63) is 42.1 Å². The van der Waals surface area contributed by atoms with E-state index >= 15 is 0 Å². The first-order valence-electron chi connectivity index (χ1n) is 4.99. The standard InChI is InChI=1S/C11H15N3O/c1-9(10-4-6-15-8-10)12-7-11-3-5-14(2)13-11/h3-6,8-9,12H,7H2,1-2H3. The predicted molar refractivity (Wildman–Crippen MR) is 57.2 cm³/mol. The lowest BCUT2D eigenvalue weighted by atomic mass is 10.2. The Bertz CT molecular complexity index is 405. The number of aromatic nitrogens is 2. The zero-order valence-corrected chi connectivity index (χ0v) is 8.97. The molecule has 0 amide bonds.